The number of methoxy groups -OCH3 is 1. The van der Waals surface area contributed by atoms with Crippen molar-refractivity contribution in [3.8, 4) is 5.75 Å². The third-order valence-corrected chi connectivity index (χ3v) is 3.53. The van der Waals surface area contributed by atoms with E-state index >= 15 is 0 Å². The molecule has 0 heterocycles. The van der Waals surface area contributed by atoms with Gasteiger partial charge < -0.3 is 4.74 Å². The van der Waals surface area contributed by atoms with Crippen LogP contribution in [0.3, 0.4) is 0 Å². The first-order valence-electron chi connectivity index (χ1n) is 6.32. The van der Waals surface area contributed by atoms with Crippen LogP contribution in [0.5, 0.6) is 5.75 Å². The Bertz CT molecular complexity index is 540. The molecular weight excluding hydrogens is 236 g/mol. The lowest BCUT2D eigenvalue weighted by molar-refractivity contribution is -0.104. The number of hydrogen-bond acceptors (Lipinski definition) is 2. The topological polar surface area (TPSA) is 26.3 Å². The van der Waals surface area contributed by atoms with Crippen LogP contribution in [0.2, 0.25) is 0 Å². The molecule has 98 valence electrons. The first-order chi connectivity index (χ1) is 9.19. The maximum Gasteiger partial charge on any atom is 0.142 e. The van der Waals surface area contributed by atoms with Crippen LogP contribution in [0.15, 0.2) is 60.7 Å². The molecule has 0 amide bonds. The Morgan fingerprint density at radius 1 is 1.32 bits per heavy atom. The zero-order chi connectivity index (χ0) is 13.7. The molecular formula is C17H18O2. The van der Waals surface area contributed by atoms with Crippen LogP contribution in [0.25, 0.3) is 0 Å². The molecule has 0 saturated heterocycles. The van der Waals surface area contributed by atoms with Gasteiger partial charge in [0.25, 0.3) is 0 Å². The summed E-state index contributed by atoms with van der Waals surface area (Å²) in [6.07, 6.45) is 12.7. The molecule has 1 aromatic rings. The van der Waals surface area contributed by atoms with E-state index in [4.69, 9.17) is 4.74 Å². The summed E-state index contributed by atoms with van der Waals surface area (Å²) in [7, 11) is 1.67. The van der Waals surface area contributed by atoms with Crippen molar-refractivity contribution >= 4 is 6.29 Å². The van der Waals surface area contributed by atoms with Crippen LogP contribution in [0.1, 0.15) is 18.4 Å². The van der Waals surface area contributed by atoms with Gasteiger partial charge in [-0.3, -0.25) is 4.79 Å². The molecule has 0 radical (unpaired) electrons. The average molecular weight is 254 g/mol. The molecule has 2 unspecified atom stereocenters. The molecule has 1 aromatic carbocycles. The number of rotatable bonds is 4. The molecule has 0 N–H and O–H groups in total. The van der Waals surface area contributed by atoms with Gasteiger partial charge in [0.15, 0.2) is 0 Å². The molecule has 0 bridgehead atoms. The summed E-state index contributed by atoms with van der Waals surface area (Å²) in [5, 5.41) is 0. The van der Waals surface area contributed by atoms with Crippen molar-refractivity contribution < 1.29 is 9.53 Å². The van der Waals surface area contributed by atoms with E-state index in [1.165, 1.54) is 5.56 Å². The Morgan fingerprint density at radius 3 is 2.89 bits per heavy atom. The van der Waals surface area contributed by atoms with Crippen molar-refractivity contribution in [1.29, 1.82) is 0 Å². The number of ether oxygens (including phenoxy) is 1. The zero-order valence-corrected chi connectivity index (χ0v) is 11.2. The highest BCUT2D eigenvalue weighted by Gasteiger charge is 2.30. The van der Waals surface area contributed by atoms with Gasteiger partial charge in [-0.1, -0.05) is 49.4 Å². The first kappa shape index (κ1) is 13.3. The molecule has 2 nitrogen and oxygen atoms in total. The third kappa shape index (κ3) is 2.84. The normalized spacial score (nSPS) is 25.7. The number of hydrogen-bond donors (Lipinski definition) is 0. The van der Waals surface area contributed by atoms with Gasteiger partial charge in [0.05, 0.1) is 7.11 Å². The van der Waals surface area contributed by atoms with Crippen LogP contribution in [0, 0.1) is 5.41 Å². The van der Waals surface area contributed by atoms with Gasteiger partial charge in [0.2, 0.25) is 0 Å². The highest BCUT2D eigenvalue weighted by molar-refractivity contribution is 5.65. The SMILES string of the molecule is COc1cccc(C2C=CC=CC2(C)/C=C/C=O)c1. The van der Waals surface area contributed by atoms with Crippen LogP contribution < -0.4 is 4.74 Å². The Balaban J connectivity index is 2.40. The lowest BCUT2D eigenvalue weighted by Crippen LogP contribution is -2.21. The van der Waals surface area contributed by atoms with E-state index in [-0.39, 0.29) is 11.3 Å². The molecule has 0 aliphatic heterocycles. The van der Waals surface area contributed by atoms with Crippen LogP contribution in [0.4, 0.5) is 0 Å². The second-order valence-electron chi connectivity index (χ2n) is 4.86. The molecule has 0 fully saturated rings. The largest absolute Gasteiger partial charge is 0.497 e. The lowest BCUT2D eigenvalue weighted by Gasteiger charge is -2.33. The summed E-state index contributed by atoms with van der Waals surface area (Å²) < 4.78 is 5.28. The maximum atomic E-state index is 10.6. The Labute approximate surface area is 114 Å². The summed E-state index contributed by atoms with van der Waals surface area (Å²) in [5.41, 5.74) is 0.986. The standard InChI is InChI=1S/C17H18O2/c1-17(11-6-12-18)10-4-3-9-16(17)14-7-5-8-15(13-14)19-2/h3-13,16H,1-2H3/b11-6+. The van der Waals surface area contributed by atoms with E-state index in [1.54, 1.807) is 13.2 Å². The maximum absolute atomic E-state index is 10.6. The fourth-order valence-corrected chi connectivity index (χ4v) is 2.46. The third-order valence-electron chi connectivity index (χ3n) is 3.53. The minimum atomic E-state index is -0.192. The lowest BCUT2D eigenvalue weighted by atomic mass is 9.71. The van der Waals surface area contributed by atoms with E-state index in [1.807, 2.05) is 36.4 Å². The summed E-state index contributed by atoms with van der Waals surface area (Å²) in [6, 6.07) is 8.06. The monoisotopic (exact) mass is 254 g/mol. The summed E-state index contributed by atoms with van der Waals surface area (Å²) in [4.78, 5) is 10.6. The van der Waals surface area contributed by atoms with Gasteiger partial charge in [0.1, 0.15) is 12.0 Å². The van der Waals surface area contributed by atoms with E-state index in [0.717, 1.165) is 12.0 Å². The van der Waals surface area contributed by atoms with Crippen molar-refractivity contribution in [2.24, 2.45) is 5.41 Å². The molecule has 2 atom stereocenters. The van der Waals surface area contributed by atoms with E-state index in [9.17, 15) is 4.79 Å². The molecule has 19 heavy (non-hydrogen) atoms. The average Bonchev–Trinajstić information content (AvgIpc) is 2.46. The smallest absolute Gasteiger partial charge is 0.142 e. The van der Waals surface area contributed by atoms with Gasteiger partial charge in [-0.05, 0) is 23.8 Å². The highest BCUT2D eigenvalue weighted by Crippen LogP contribution is 2.42. The second-order valence-corrected chi connectivity index (χ2v) is 4.86. The minimum Gasteiger partial charge on any atom is -0.497 e. The quantitative estimate of drug-likeness (QED) is 0.605. The second kappa shape index (κ2) is 5.70. The van der Waals surface area contributed by atoms with Crippen LogP contribution in [-0.4, -0.2) is 13.4 Å². The van der Waals surface area contributed by atoms with E-state index in [2.05, 4.69) is 25.1 Å². The first-order valence-corrected chi connectivity index (χ1v) is 6.32. The predicted octanol–water partition coefficient (Wildman–Crippen LogP) is 3.67. The number of benzene rings is 1. The van der Waals surface area contributed by atoms with Gasteiger partial charge >= 0.3 is 0 Å². The van der Waals surface area contributed by atoms with Crippen molar-refractivity contribution in [3.63, 3.8) is 0 Å². The fraction of sp³-hybridized carbons (Fsp3) is 0.235. The van der Waals surface area contributed by atoms with Crippen molar-refractivity contribution in [2.45, 2.75) is 12.8 Å². The number of carbonyl (C=O) groups excluding carboxylic acids is 1. The molecule has 0 aromatic heterocycles. The number of carbonyl (C=O) groups is 1. The van der Waals surface area contributed by atoms with E-state index in [0.29, 0.717) is 0 Å². The van der Waals surface area contributed by atoms with Gasteiger partial charge in [-0.25, -0.2) is 0 Å². The van der Waals surface area contributed by atoms with Crippen molar-refractivity contribution in [2.75, 3.05) is 7.11 Å². The number of aldehydes is 1. The summed E-state index contributed by atoms with van der Waals surface area (Å²) in [6.45, 7) is 2.12. The Kier molecular flexibility index (Phi) is 4.00. The number of allylic oxidation sites excluding steroid dienone is 6. The molecule has 0 spiro atoms. The summed E-state index contributed by atoms with van der Waals surface area (Å²) >= 11 is 0. The molecule has 2 rings (SSSR count). The van der Waals surface area contributed by atoms with Crippen molar-refractivity contribution in [1.82, 2.24) is 0 Å². The van der Waals surface area contributed by atoms with Crippen molar-refractivity contribution in [3.05, 3.63) is 66.3 Å². The fourth-order valence-electron chi connectivity index (χ4n) is 2.46. The van der Waals surface area contributed by atoms with Crippen LogP contribution >= 0.6 is 0 Å². The van der Waals surface area contributed by atoms with Gasteiger partial charge in [-0.15, -0.1) is 0 Å². The van der Waals surface area contributed by atoms with Gasteiger partial charge in [0, 0.05) is 11.3 Å². The van der Waals surface area contributed by atoms with Crippen LogP contribution in [-0.2, 0) is 4.79 Å². The van der Waals surface area contributed by atoms with E-state index < -0.39 is 0 Å². The molecule has 0 saturated carbocycles. The minimum absolute atomic E-state index is 0.192. The molecule has 2 heteroatoms. The molecule has 1 aliphatic rings. The molecule has 1 aliphatic carbocycles. The van der Waals surface area contributed by atoms with Gasteiger partial charge in [-0.2, -0.15) is 0 Å². The summed E-state index contributed by atoms with van der Waals surface area (Å²) in [5.74, 6) is 1.05. The predicted molar refractivity (Wildman–Crippen MR) is 77.3 cm³/mol. The Morgan fingerprint density at radius 2 is 2.16 bits per heavy atom. The zero-order valence-electron chi connectivity index (χ0n) is 11.2. The Hall–Kier alpha value is -2.09. The highest BCUT2D eigenvalue weighted by atomic mass is 16.5.